The van der Waals surface area contributed by atoms with Crippen LogP contribution < -0.4 is 19.9 Å². The van der Waals surface area contributed by atoms with Crippen LogP contribution in [0.4, 0.5) is 0 Å². The van der Waals surface area contributed by atoms with E-state index in [1.165, 1.54) is 0 Å². The Kier molecular flexibility index (Phi) is 5.75. The van der Waals surface area contributed by atoms with E-state index in [2.05, 4.69) is 6.07 Å². The Balaban J connectivity index is 1.73. The molecule has 2 aromatic carbocycles. The van der Waals surface area contributed by atoms with Gasteiger partial charge in [-0.2, -0.15) is 5.26 Å². The van der Waals surface area contributed by atoms with Crippen LogP contribution in [0.2, 0.25) is 0 Å². The zero-order valence-electron chi connectivity index (χ0n) is 19.3. The zero-order valence-corrected chi connectivity index (χ0v) is 19.3. The van der Waals surface area contributed by atoms with E-state index in [1.54, 1.807) is 38.5 Å². The molecule has 1 aromatic heterocycles. The van der Waals surface area contributed by atoms with Crippen molar-refractivity contribution in [3.05, 3.63) is 76.9 Å². The molecule has 1 unspecified atom stereocenters. The number of nitrogens with zero attached hydrogens (tertiary/aromatic N) is 2. The van der Waals surface area contributed by atoms with Gasteiger partial charge in [0.2, 0.25) is 11.8 Å². The van der Waals surface area contributed by atoms with E-state index in [4.69, 9.17) is 29.7 Å². The summed E-state index contributed by atoms with van der Waals surface area (Å²) in [4.78, 5) is 17.8. The third kappa shape index (κ3) is 4.02. The van der Waals surface area contributed by atoms with Gasteiger partial charge in [0, 0.05) is 29.4 Å². The molecule has 1 aliphatic carbocycles. The molecule has 35 heavy (non-hydrogen) atoms. The van der Waals surface area contributed by atoms with E-state index < -0.39 is 5.92 Å². The van der Waals surface area contributed by atoms with Crippen LogP contribution in [-0.2, 0) is 9.53 Å². The summed E-state index contributed by atoms with van der Waals surface area (Å²) in [6.45, 7) is 0. The fourth-order valence-corrected chi connectivity index (χ4v) is 4.49. The van der Waals surface area contributed by atoms with Crippen molar-refractivity contribution < 1.29 is 23.7 Å². The van der Waals surface area contributed by atoms with Crippen molar-refractivity contribution >= 4 is 16.7 Å². The molecule has 0 amide bonds. The first-order chi connectivity index (χ1) is 17.0. The van der Waals surface area contributed by atoms with Gasteiger partial charge in [-0.1, -0.05) is 0 Å². The quantitative estimate of drug-likeness (QED) is 0.563. The summed E-state index contributed by atoms with van der Waals surface area (Å²) in [5.41, 5.74) is 7.97. The number of aromatic nitrogens is 1. The minimum absolute atomic E-state index is 0.00733. The maximum Gasteiger partial charge on any atom is 0.224 e. The molecule has 176 valence electrons. The molecule has 1 atom stereocenters. The first-order valence-electron chi connectivity index (χ1n) is 11.2. The first kappa shape index (κ1) is 22.3. The molecule has 2 heterocycles. The predicted molar refractivity (Wildman–Crippen MR) is 128 cm³/mol. The van der Waals surface area contributed by atoms with Crippen LogP contribution in [0.25, 0.3) is 10.9 Å². The maximum absolute atomic E-state index is 13.1. The lowest BCUT2D eigenvalue weighted by molar-refractivity contribution is -0.116. The summed E-state index contributed by atoms with van der Waals surface area (Å²) in [7, 11) is 3.18. The molecule has 0 radical (unpaired) electrons. The number of Topliss-reactive ketones (excluding diaryl/α,β-unsaturated/α-hetero) is 1. The molecule has 1 aliphatic heterocycles. The SMILES string of the molecule is COc1ccc(Oc2nc3ccc(OC)cc3cc2C2C(C#N)=C(N)OC3=C2C(=O)CCC3)cc1. The summed E-state index contributed by atoms with van der Waals surface area (Å²) < 4.78 is 22.6. The maximum atomic E-state index is 13.1. The van der Waals surface area contributed by atoms with Gasteiger partial charge >= 0.3 is 0 Å². The van der Waals surface area contributed by atoms with Gasteiger partial charge < -0.3 is 24.7 Å². The lowest BCUT2D eigenvalue weighted by Crippen LogP contribution is -2.27. The molecule has 0 saturated heterocycles. The lowest BCUT2D eigenvalue weighted by atomic mass is 9.77. The van der Waals surface area contributed by atoms with Crippen LogP contribution in [0.15, 0.2) is 71.3 Å². The largest absolute Gasteiger partial charge is 0.497 e. The summed E-state index contributed by atoms with van der Waals surface area (Å²) in [5.74, 6) is 1.81. The fourth-order valence-electron chi connectivity index (χ4n) is 4.49. The van der Waals surface area contributed by atoms with Crippen LogP contribution in [0.5, 0.6) is 23.1 Å². The molecule has 0 bridgehead atoms. The Morgan fingerprint density at radius 2 is 1.74 bits per heavy atom. The second kappa shape index (κ2) is 9.03. The number of allylic oxidation sites excluding steroid dienone is 3. The minimum Gasteiger partial charge on any atom is -0.497 e. The first-order valence-corrected chi connectivity index (χ1v) is 11.2. The van der Waals surface area contributed by atoms with Crippen LogP contribution in [0, 0.1) is 11.3 Å². The second-order valence-electron chi connectivity index (χ2n) is 8.26. The molecule has 8 heteroatoms. The highest BCUT2D eigenvalue weighted by Crippen LogP contribution is 2.47. The number of carbonyl (C=O) groups excluding carboxylic acids is 1. The van der Waals surface area contributed by atoms with Gasteiger partial charge in [0.1, 0.15) is 34.7 Å². The van der Waals surface area contributed by atoms with Crippen molar-refractivity contribution in [3.63, 3.8) is 0 Å². The minimum atomic E-state index is -0.757. The van der Waals surface area contributed by atoms with Gasteiger partial charge in [-0.3, -0.25) is 4.79 Å². The fraction of sp³-hybridized carbons (Fsp3) is 0.222. The van der Waals surface area contributed by atoms with Crippen molar-refractivity contribution in [3.8, 4) is 29.2 Å². The molecule has 0 spiro atoms. The van der Waals surface area contributed by atoms with Gasteiger partial charge in [-0.25, -0.2) is 4.98 Å². The van der Waals surface area contributed by atoms with Crippen LogP contribution in [0.3, 0.4) is 0 Å². The van der Waals surface area contributed by atoms with Gasteiger partial charge in [-0.15, -0.1) is 0 Å². The van der Waals surface area contributed by atoms with E-state index in [0.29, 0.717) is 58.9 Å². The number of pyridine rings is 1. The number of nitriles is 1. The van der Waals surface area contributed by atoms with Crippen molar-refractivity contribution in [2.75, 3.05) is 14.2 Å². The number of rotatable bonds is 5. The number of hydrogen-bond acceptors (Lipinski definition) is 8. The van der Waals surface area contributed by atoms with Gasteiger partial charge in [-0.05, 0) is 55.0 Å². The second-order valence-corrected chi connectivity index (χ2v) is 8.26. The standard InChI is InChI=1S/C27H23N3O5/c1-32-16-6-8-17(9-7-16)34-27-19(13-15-12-18(33-2)10-11-21(15)30-27)24-20(14-28)26(29)35-23-5-3-4-22(31)25(23)24/h6-13,24H,3-5,29H2,1-2H3. The Hall–Kier alpha value is -4.51. The monoisotopic (exact) mass is 469 g/mol. The van der Waals surface area contributed by atoms with E-state index in [1.807, 2.05) is 24.3 Å². The number of ether oxygens (including phenoxy) is 4. The van der Waals surface area contributed by atoms with Gasteiger partial charge in [0.05, 0.1) is 25.7 Å². The average Bonchev–Trinajstić information content (AvgIpc) is 2.88. The lowest BCUT2D eigenvalue weighted by Gasteiger charge is -2.31. The molecule has 2 aliphatic rings. The Morgan fingerprint density at radius 3 is 2.46 bits per heavy atom. The molecule has 2 N–H and O–H groups in total. The van der Waals surface area contributed by atoms with E-state index in [0.717, 1.165) is 5.39 Å². The highest BCUT2D eigenvalue weighted by Gasteiger charge is 2.40. The smallest absolute Gasteiger partial charge is 0.224 e. The highest BCUT2D eigenvalue weighted by atomic mass is 16.5. The summed E-state index contributed by atoms with van der Waals surface area (Å²) in [6.07, 6.45) is 1.61. The van der Waals surface area contributed by atoms with E-state index in [9.17, 15) is 10.1 Å². The van der Waals surface area contributed by atoms with Crippen LogP contribution in [0.1, 0.15) is 30.7 Å². The third-order valence-corrected chi connectivity index (χ3v) is 6.20. The van der Waals surface area contributed by atoms with Gasteiger partial charge in [0.15, 0.2) is 5.78 Å². The number of ketones is 1. The number of benzene rings is 2. The van der Waals surface area contributed by atoms with Crippen molar-refractivity contribution in [2.45, 2.75) is 25.2 Å². The number of hydrogen-bond donors (Lipinski definition) is 1. The molecule has 8 nitrogen and oxygen atoms in total. The summed E-state index contributed by atoms with van der Waals surface area (Å²) in [5, 5.41) is 10.8. The Morgan fingerprint density at radius 1 is 1.03 bits per heavy atom. The topological polar surface area (TPSA) is 117 Å². The molecule has 0 fully saturated rings. The van der Waals surface area contributed by atoms with E-state index >= 15 is 0 Å². The molecule has 5 rings (SSSR count). The summed E-state index contributed by atoms with van der Waals surface area (Å²) in [6, 6.07) is 16.6. The third-order valence-electron chi connectivity index (χ3n) is 6.20. The van der Waals surface area contributed by atoms with E-state index in [-0.39, 0.29) is 23.1 Å². The average molecular weight is 469 g/mol. The Labute approximate surface area is 202 Å². The van der Waals surface area contributed by atoms with Crippen molar-refractivity contribution in [1.82, 2.24) is 4.98 Å². The molecular weight excluding hydrogens is 446 g/mol. The molecular formula is C27H23N3O5. The molecule has 3 aromatic rings. The number of carbonyl (C=O) groups is 1. The van der Waals surface area contributed by atoms with Crippen LogP contribution in [-0.4, -0.2) is 25.0 Å². The number of nitrogens with two attached hydrogens (primary N) is 1. The number of methoxy groups -OCH3 is 2. The molecule has 0 saturated carbocycles. The normalized spacial score (nSPS) is 17.5. The van der Waals surface area contributed by atoms with Gasteiger partial charge in [0.25, 0.3) is 0 Å². The predicted octanol–water partition coefficient (Wildman–Crippen LogP) is 4.86. The summed E-state index contributed by atoms with van der Waals surface area (Å²) >= 11 is 0. The van der Waals surface area contributed by atoms with Crippen molar-refractivity contribution in [2.24, 2.45) is 5.73 Å². The highest BCUT2D eigenvalue weighted by molar-refractivity contribution is 6.00. The van der Waals surface area contributed by atoms with Crippen LogP contribution >= 0.6 is 0 Å². The zero-order chi connectivity index (χ0) is 24.5. The van der Waals surface area contributed by atoms with Crippen molar-refractivity contribution in [1.29, 1.82) is 5.26 Å². The Bertz CT molecular complexity index is 1430. The number of fused-ring (bicyclic) bond motifs is 1.